The summed E-state index contributed by atoms with van der Waals surface area (Å²) in [5.41, 5.74) is 3.41. The van der Waals surface area contributed by atoms with E-state index in [9.17, 15) is 5.11 Å². The molecule has 138 valence electrons. The Morgan fingerprint density at radius 1 is 1.40 bits per heavy atom. The number of para-hydroxylation sites is 1. The molecule has 4 heteroatoms. The smallest absolute Gasteiger partial charge is 0.106 e. The van der Waals surface area contributed by atoms with E-state index in [-0.39, 0.29) is 18.3 Å². The minimum absolute atomic E-state index is 0.175. The van der Waals surface area contributed by atoms with E-state index in [1.807, 2.05) is 0 Å². The lowest BCUT2D eigenvalue weighted by atomic mass is 9.86. The van der Waals surface area contributed by atoms with Crippen LogP contribution in [0.5, 0.6) is 0 Å². The monoisotopic (exact) mass is 344 g/mol. The number of nitrogens with zero attached hydrogens (tertiary/aromatic N) is 1. The molecule has 25 heavy (non-hydrogen) atoms. The highest BCUT2D eigenvalue weighted by Gasteiger charge is 2.40. The van der Waals surface area contributed by atoms with Crippen molar-refractivity contribution in [2.45, 2.75) is 64.2 Å². The first-order valence-corrected chi connectivity index (χ1v) is 9.57. The molecular weight excluding hydrogens is 312 g/mol. The van der Waals surface area contributed by atoms with Crippen LogP contribution in [0, 0.1) is 0 Å². The van der Waals surface area contributed by atoms with Gasteiger partial charge >= 0.3 is 0 Å². The first-order valence-electron chi connectivity index (χ1n) is 9.57. The number of aliphatic hydroxyl groups is 1. The van der Waals surface area contributed by atoms with Gasteiger partial charge < -0.3 is 19.7 Å². The summed E-state index contributed by atoms with van der Waals surface area (Å²) in [5, 5.41) is 10.7. The van der Waals surface area contributed by atoms with Gasteiger partial charge in [0, 0.05) is 36.5 Å². The highest BCUT2D eigenvalue weighted by atomic mass is 16.5. The molecule has 1 aliphatic heterocycles. The minimum Gasteiger partial charge on any atom is -0.396 e. The Morgan fingerprint density at radius 2 is 2.16 bits per heavy atom. The molecule has 2 heterocycles. The van der Waals surface area contributed by atoms with Crippen LogP contribution in [0.3, 0.4) is 0 Å². The van der Waals surface area contributed by atoms with Crippen LogP contribution in [0.1, 0.15) is 51.3 Å². The fraction of sp³-hybridized carbons (Fsp3) is 0.619. The Balaban J connectivity index is 1.94. The number of fused-ring (bicyclic) bond motifs is 3. The molecule has 2 N–H and O–H groups in total. The van der Waals surface area contributed by atoms with Gasteiger partial charge in [0.05, 0.1) is 11.8 Å². The van der Waals surface area contributed by atoms with Crippen molar-refractivity contribution in [2.24, 2.45) is 0 Å². The van der Waals surface area contributed by atoms with Crippen molar-refractivity contribution < 1.29 is 9.84 Å². The molecule has 1 aromatic carbocycles. The molecule has 0 aliphatic carbocycles. The molecule has 0 bridgehead atoms. The molecule has 2 aromatic rings. The molecule has 0 fully saturated rings. The summed E-state index contributed by atoms with van der Waals surface area (Å²) in [6.45, 7) is 7.80. The van der Waals surface area contributed by atoms with E-state index >= 15 is 0 Å². The van der Waals surface area contributed by atoms with E-state index in [1.165, 1.54) is 22.2 Å². The Morgan fingerprint density at radius 3 is 2.88 bits per heavy atom. The third-order valence-electron chi connectivity index (χ3n) is 5.85. The van der Waals surface area contributed by atoms with Gasteiger partial charge in [-0.05, 0) is 51.8 Å². The summed E-state index contributed by atoms with van der Waals surface area (Å²) >= 11 is 0. The summed E-state index contributed by atoms with van der Waals surface area (Å²) in [6, 6.07) is 9.08. The van der Waals surface area contributed by atoms with Gasteiger partial charge in [0.1, 0.15) is 5.60 Å². The van der Waals surface area contributed by atoms with Crippen LogP contribution >= 0.6 is 0 Å². The fourth-order valence-electron chi connectivity index (χ4n) is 4.07. The summed E-state index contributed by atoms with van der Waals surface area (Å²) in [7, 11) is 2.19. The van der Waals surface area contributed by atoms with Gasteiger partial charge in [-0.1, -0.05) is 25.1 Å². The maximum absolute atomic E-state index is 9.34. The van der Waals surface area contributed by atoms with Crippen molar-refractivity contribution in [3.8, 4) is 0 Å². The number of hydrogen-bond acceptors (Lipinski definition) is 3. The fourth-order valence-corrected chi connectivity index (χ4v) is 4.07. The average Bonchev–Trinajstić information content (AvgIpc) is 2.99. The van der Waals surface area contributed by atoms with Crippen LogP contribution in [0.25, 0.3) is 10.9 Å². The number of H-pyrrole nitrogens is 1. The van der Waals surface area contributed by atoms with Gasteiger partial charge in [-0.25, -0.2) is 0 Å². The number of hydrogen-bond donors (Lipinski definition) is 2. The van der Waals surface area contributed by atoms with E-state index < -0.39 is 0 Å². The molecule has 3 rings (SSSR count). The van der Waals surface area contributed by atoms with Crippen LogP contribution in [0.4, 0.5) is 0 Å². The number of aromatic nitrogens is 1. The van der Waals surface area contributed by atoms with Crippen LogP contribution in [-0.2, 0) is 16.8 Å². The average molecular weight is 344 g/mol. The van der Waals surface area contributed by atoms with Crippen molar-refractivity contribution in [3.05, 3.63) is 35.5 Å². The quantitative estimate of drug-likeness (QED) is 0.802. The first kappa shape index (κ1) is 18.4. The number of benzene rings is 1. The van der Waals surface area contributed by atoms with E-state index in [0.717, 1.165) is 32.2 Å². The number of likely N-dealkylation sites (N-methyl/N-ethyl adjacent to an activating group) is 1. The molecule has 0 amide bonds. The van der Waals surface area contributed by atoms with Crippen LogP contribution in [0.2, 0.25) is 0 Å². The van der Waals surface area contributed by atoms with Gasteiger partial charge in [-0.2, -0.15) is 0 Å². The summed E-state index contributed by atoms with van der Waals surface area (Å²) in [6.07, 6.45) is 3.83. The number of nitrogens with one attached hydrogen (secondary N) is 1. The molecule has 0 spiro atoms. The summed E-state index contributed by atoms with van der Waals surface area (Å²) in [4.78, 5) is 6.00. The highest BCUT2D eigenvalue weighted by molar-refractivity contribution is 5.85. The second-order valence-electron chi connectivity index (χ2n) is 7.72. The molecular formula is C21H32N2O2. The first-order chi connectivity index (χ1) is 12.0. The number of aliphatic hydroxyl groups excluding tert-OH is 1. The third kappa shape index (κ3) is 3.62. The zero-order valence-electron chi connectivity index (χ0n) is 16.0. The SMILES string of the molecule is CCC(C)N(C)CC1Cc2c([nH]c3ccccc23)C(C)(CCCO)O1. The second kappa shape index (κ2) is 7.48. The van der Waals surface area contributed by atoms with Gasteiger partial charge in [0.25, 0.3) is 0 Å². The standard InChI is InChI=1S/C21H32N2O2/c1-5-15(2)23(4)14-16-13-18-17-9-6-7-10-19(17)22-20(18)21(3,25-16)11-8-12-24/h6-7,9-10,15-16,22,24H,5,8,11-14H2,1-4H3. The molecule has 1 aliphatic rings. The minimum atomic E-state index is -0.365. The zero-order valence-corrected chi connectivity index (χ0v) is 16.0. The normalized spacial score (nSPS) is 24.6. The largest absolute Gasteiger partial charge is 0.396 e. The lowest BCUT2D eigenvalue weighted by Crippen LogP contribution is -2.45. The Hall–Kier alpha value is -1.36. The van der Waals surface area contributed by atoms with E-state index in [0.29, 0.717) is 6.04 Å². The van der Waals surface area contributed by atoms with E-state index in [4.69, 9.17) is 4.74 Å². The second-order valence-corrected chi connectivity index (χ2v) is 7.72. The topological polar surface area (TPSA) is 48.5 Å². The highest BCUT2D eigenvalue weighted by Crippen LogP contribution is 2.41. The van der Waals surface area contributed by atoms with Crippen LogP contribution in [0.15, 0.2) is 24.3 Å². The van der Waals surface area contributed by atoms with Crippen molar-refractivity contribution in [1.29, 1.82) is 0 Å². The number of rotatable bonds is 7. The molecule has 4 nitrogen and oxygen atoms in total. The number of aromatic amines is 1. The van der Waals surface area contributed by atoms with Gasteiger partial charge in [0.2, 0.25) is 0 Å². The van der Waals surface area contributed by atoms with Crippen LogP contribution in [-0.4, -0.2) is 47.3 Å². The molecule has 3 atom stereocenters. The lowest BCUT2D eigenvalue weighted by molar-refractivity contribution is -0.117. The zero-order chi connectivity index (χ0) is 18.0. The number of ether oxygens (including phenoxy) is 1. The van der Waals surface area contributed by atoms with Crippen molar-refractivity contribution in [3.63, 3.8) is 0 Å². The molecule has 1 aromatic heterocycles. The molecule has 3 unspecified atom stereocenters. The predicted molar refractivity (Wildman–Crippen MR) is 103 cm³/mol. The van der Waals surface area contributed by atoms with Gasteiger partial charge in [-0.15, -0.1) is 0 Å². The Kier molecular flexibility index (Phi) is 5.52. The van der Waals surface area contributed by atoms with E-state index in [1.54, 1.807) is 0 Å². The van der Waals surface area contributed by atoms with Gasteiger partial charge in [-0.3, -0.25) is 0 Å². The van der Waals surface area contributed by atoms with Crippen molar-refractivity contribution >= 4 is 10.9 Å². The maximum Gasteiger partial charge on any atom is 0.106 e. The van der Waals surface area contributed by atoms with Crippen molar-refractivity contribution in [2.75, 3.05) is 20.2 Å². The summed E-state index contributed by atoms with van der Waals surface area (Å²) in [5.74, 6) is 0. The van der Waals surface area contributed by atoms with Crippen LogP contribution < -0.4 is 0 Å². The Labute approximate surface area is 151 Å². The van der Waals surface area contributed by atoms with E-state index in [2.05, 4.69) is 62.0 Å². The summed E-state index contributed by atoms with van der Waals surface area (Å²) < 4.78 is 6.61. The maximum atomic E-state index is 9.34. The Bertz CT molecular complexity index is 711. The van der Waals surface area contributed by atoms with Crippen molar-refractivity contribution in [1.82, 2.24) is 9.88 Å². The third-order valence-corrected chi connectivity index (χ3v) is 5.85. The predicted octanol–water partition coefficient (Wildman–Crippen LogP) is 3.83. The molecule has 0 radical (unpaired) electrons. The molecule has 0 saturated carbocycles. The molecule has 0 saturated heterocycles. The lowest BCUT2D eigenvalue weighted by Gasteiger charge is -2.41. The van der Waals surface area contributed by atoms with Gasteiger partial charge in [0.15, 0.2) is 0 Å².